The second kappa shape index (κ2) is 8.96. The highest BCUT2D eigenvalue weighted by Crippen LogP contribution is 2.35. The zero-order valence-electron chi connectivity index (χ0n) is 17.4. The van der Waals surface area contributed by atoms with Crippen LogP contribution in [0.2, 0.25) is 5.02 Å². The molecule has 3 aromatic carbocycles. The SMILES string of the molecule is CC(=O)N[C@@H](C)[C@@H](Oc1cc2cnn(-c3ccc(F)cc3)c2cc1Cl)c1ccc(F)cc1. The zero-order valence-corrected chi connectivity index (χ0v) is 18.1. The molecular formula is C24H20ClF2N3O2. The quantitative estimate of drug-likeness (QED) is 0.411. The van der Waals surface area contributed by atoms with E-state index in [4.69, 9.17) is 16.3 Å². The molecule has 0 aliphatic heterocycles. The third-order valence-electron chi connectivity index (χ3n) is 5.03. The van der Waals surface area contributed by atoms with Gasteiger partial charge in [-0.25, -0.2) is 13.5 Å². The van der Waals surface area contributed by atoms with Gasteiger partial charge in [0.2, 0.25) is 5.91 Å². The van der Waals surface area contributed by atoms with Crippen molar-refractivity contribution in [3.05, 3.63) is 89.1 Å². The predicted molar refractivity (Wildman–Crippen MR) is 119 cm³/mol. The van der Waals surface area contributed by atoms with Gasteiger partial charge in [0.15, 0.2) is 0 Å². The van der Waals surface area contributed by atoms with Crippen LogP contribution in [0.5, 0.6) is 5.75 Å². The summed E-state index contributed by atoms with van der Waals surface area (Å²) in [6.07, 6.45) is 1.05. The molecule has 0 bridgehead atoms. The van der Waals surface area contributed by atoms with Gasteiger partial charge in [0, 0.05) is 12.3 Å². The molecular weight excluding hydrogens is 436 g/mol. The zero-order chi connectivity index (χ0) is 22.8. The highest BCUT2D eigenvalue weighted by molar-refractivity contribution is 6.32. The van der Waals surface area contributed by atoms with Gasteiger partial charge in [-0.1, -0.05) is 23.7 Å². The van der Waals surface area contributed by atoms with E-state index in [9.17, 15) is 13.6 Å². The molecule has 5 nitrogen and oxygen atoms in total. The highest BCUT2D eigenvalue weighted by Gasteiger charge is 2.24. The Labute approximate surface area is 188 Å². The number of hydrogen-bond acceptors (Lipinski definition) is 3. The minimum absolute atomic E-state index is 0.213. The van der Waals surface area contributed by atoms with Gasteiger partial charge in [0.1, 0.15) is 23.5 Å². The van der Waals surface area contributed by atoms with Crippen molar-refractivity contribution in [3.8, 4) is 11.4 Å². The molecule has 4 aromatic rings. The fourth-order valence-electron chi connectivity index (χ4n) is 3.55. The minimum Gasteiger partial charge on any atom is -0.482 e. The Bertz CT molecular complexity index is 1260. The average Bonchev–Trinajstić information content (AvgIpc) is 3.15. The maximum Gasteiger partial charge on any atom is 0.217 e. The van der Waals surface area contributed by atoms with Gasteiger partial charge in [-0.3, -0.25) is 4.79 Å². The molecule has 1 aromatic heterocycles. The molecule has 8 heteroatoms. The number of benzene rings is 3. The van der Waals surface area contributed by atoms with Crippen LogP contribution in [0.25, 0.3) is 16.6 Å². The van der Waals surface area contributed by atoms with Crippen molar-refractivity contribution in [1.82, 2.24) is 15.1 Å². The maximum absolute atomic E-state index is 13.4. The smallest absolute Gasteiger partial charge is 0.217 e. The van der Waals surface area contributed by atoms with E-state index in [2.05, 4.69) is 10.4 Å². The first kappa shape index (κ1) is 21.8. The van der Waals surface area contributed by atoms with Crippen molar-refractivity contribution >= 4 is 28.4 Å². The van der Waals surface area contributed by atoms with Crippen molar-refractivity contribution in [3.63, 3.8) is 0 Å². The van der Waals surface area contributed by atoms with Gasteiger partial charge >= 0.3 is 0 Å². The summed E-state index contributed by atoms with van der Waals surface area (Å²) in [6, 6.07) is 14.9. The molecule has 0 aliphatic rings. The summed E-state index contributed by atoms with van der Waals surface area (Å²) in [5.74, 6) is -0.522. The lowest BCUT2D eigenvalue weighted by atomic mass is 10.0. The van der Waals surface area contributed by atoms with Gasteiger partial charge in [0.25, 0.3) is 0 Å². The Morgan fingerprint density at radius 3 is 2.31 bits per heavy atom. The molecule has 0 saturated carbocycles. The summed E-state index contributed by atoms with van der Waals surface area (Å²) in [7, 11) is 0. The molecule has 1 amide bonds. The number of carbonyl (C=O) groups excluding carboxylic acids is 1. The summed E-state index contributed by atoms with van der Waals surface area (Å²) in [5, 5.41) is 8.29. The molecule has 1 heterocycles. The van der Waals surface area contributed by atoms with Crippen LogP contribution >= 0.6 is 11.6 Å². The standard InChI is InChI=1S/C24H20ClF2N3O2/c1-14(29-15(2)31)24(16-3-5-18(26)6-4-16)32-23-11-17-13-28-30(22(17)12-21(23)25)20-9-7-19(27)8-10-20/h3-14,24H,1-2H3,(H,29,31)/t14-,24+/m0/s1. The minimum atomic E-state index is -0.610. The molecule has 0 fully saturated rings. The molecule has 32 heavy (non-hydrogen) atoms. The van der Waals surface area contributed by atoms with Crippen LogP contribution in [0, 0.1) is 11.6 Å². The van der Waals surface area contributed by atoms with Gasteiger partial charge in [-0.05, 0) is 61.0 Å². The lowest BCUT2D eigenvalue weighted by molar-refractivity contribution is -0.120. The molecule has 0 aliphatic carbocycles. The van der Waals surface area contributed by atoms with Crippen molar-refractivity contribution in [2.24, 2.45) is 0 Å². The van der Waals surface area contributed by atoms with Crippen molar-refractivity contribution in [2.75, 3.05) is 0 Å². The molecule has 164 valence electrons. The number of nitrogens with zero attached hydrogens (tertiary/aromatic N) is 2. The largest absolute Gasteiger partial charge is 0.482 e. The first-order chi connectivity index (χ1) is 15.3. The maximum atomic E-state index is 13.4. The van der Waals surface area contributed by atoms with Gasteiger partial charge in [-0.15, -0.1) is 0 Å². The lowest BCUT2D eigenvalue weighted by Crippen LogP contribution is -2.38. The van der Waals surface area contributed by atoms with Crippen LogP contribution in [-0.2, 0) is 4.79 Å². The summed E-state index contributed by atoms with van der Waals surface area (Å²) in [5.41, 5.74) is 2.10. The summed E-state index contributed by atoms with van der Waals surface area (Å²) in [4.78, 5) is 11.6. The first-order valence-corrected chi connectivity index (χ1v) is 10.3. The van der Waals surface area contributed by atoms with Crippen LogP contribution in [-0.4, -0.2) is 21.7 Å². The number of ether oxygens (including phenoxy) is 1. The monoisotopic (exact) mass is 455 g/mol. The first-order valence-electron chi connectivity index (χ1n) is 9.94. The third kappa shape index (κ3) is 4.57. The number of carbonyl (C=O) groups is 1. The van der Waals surface area contributed by atoms with E-state index in [-0.39, 0.29) is 17.5 Å². The van der Waals surface area contributed by atoms with Crippen LogP contribution < -0.4 is 10.1 Å². The Kier molecular flexibility index (Phi) is 6.10. The third-order valence-corrected chi connectivity index (χ3v) is 5.33. The van der Waals surface area contributed by atoms with Crippen LogP contribution in [0.4, 0.5) is 8.78 Å². The van der Waals surface area contributed by atoms with Crippen molar-refractivity contribution in [2.45, 2.75) is 26.0 Å². The van der Waals surface area contributed by atoms with E-state index in [1.807, 2.05) is 0 Å². The van der Waals surface area contributed by atoms with E-state index in [1.54, 1.807) is 54.2 Å². The van der Waals surface area contributed by atoms with E-state index >= 15 is 0 Å². The number of fused-ring (bicyclic) bond motifs is 1. The topological polar surface area (TPSA) is 56.1 Å². The molecule has 4 rings (SSSR count). The van der Waals surface area contributed by atoms with Gasteiger partial charge < -0.3 is 10.1 Å². The van der Waals surface area contributed by atoms with Crippen LogP contribution in [0.15, 0.2) is 66.9 Å². The molecule has 2 atom stereocenters. The number of aromatic nitrogens is 2. The van der Waals surface area contributed by atoms with Crippen molar-refractivity contribution in [1.29, 1.82) is 0 Å². The second-order valence-electron chi connectivity index (χ2n) is 7.45. The van der Waals surface area contributed by atoms with Crippen LogP contribution in [0.3, 0.4) is 0 Å². The van der Waals surface area contributed by atoms with E-state index < -0.39 is 12.1 Å². The number of nitrogens with one attached hydrogen (secondary N) is 1. The molecule has 1 N–H and O–H groups in total. The van der Waals surface area contributed by atoms with E-state index in [0.717, 1.165) is 10.9 Å². The second-order valence-corrected chi connectivity index (χ2v) is 7.86. The summed E-state index contributed by atoms with van der Waals surface area (Å²) < 4.78 is 34.6. The summed E-state index contributed by atoms with van der Waals surface area (Å²) >= 11 is 6.54. The normalized spacial score (nSPS) is 13.0. The number of amides is 1. The van der Waals surface area contributed by atoms with Gasteiger partial charge in [-0.2, -0.15) is 5.10 Å². The Hall–Kier alpha value is -3.45. The Morgan fingerprint density at radius 2 is 1.69 bits per heavy atom. The molecule has 0 saturated heterocycles. The molecule has 0 radical (unpaired) electrons. The number of rotatable bonds is 6. The molecule has 0 unspecified atom stereocenters. The summed E-state index contributed by atoms with van der Waals surface area (Å²) in [6.45, 7) is 3.22. The fourth-order valence-corrected chi connectivity index (χ4v) is 3.75. The molecule has 0 spiro atoms. The number of hydrogen-bond donors (Lipinski definition) is 1. The van der Waals surface area contributed by atoms with E-state index in [0.29, 0.717) is 22.0 Å². The fraction of sp³-hybridized carbons (Fsp3) is 0.167. The number of halogens is 3. The van der Waals surface area contributed by atoms with Crippen LogP contribution in [0.1, 0.15) is 25.5 Å². The average molecular weight is 456 g/mol. The Morgan fingerprint density at radius 1 is 1.06 bits per heavy atom. The Balaban J connectivity index is 1.70. The lowest BCUT2D eigenvalue weighted by Gasteiger charge is -2.26. The van der Waals surface area contributed by atoms with E-state index in [1.165, 1.54) is 31.2 Å². The van der Waals surface area contributed by atoms with Crippen molar-refractivity contribution < 1.29 is 18.3 Å². The highest BCUT2D eigenvalue weighted by atomic mass is 35.5. The van der Waals surface area contributed by atoms with Gasteiger partial charge in [0.05, 0.1) is 28.5 Å². The predicted octanol–water partition coefficient (Wildman–Crippen LogP) is 5.60.